The monoisotopic (exact) mass is 312 g/mol. The molecule has 0 fully saturated rings. The molecular formula is C11H14ClFO3S2. The van der Waals surface area contributed by atoms with E-state index in [1.807, 2.05) is 0 Å². The van der Waals surface area contributed by atoms with Crippen LogP contribution >= 0.6 is 22.4 Å². The highest BCUT2D eigenvalue weighted by molar-refractivity contribution is 8.13. The van der Waals surface area contributed by atoms with Crippen LogP contribution < -0.4 is 4.74 Å². The normalized spacial score (nSPS) is 11.5. The Morgan fingerprint density at radius 1 is 1.44 bits per heavy atom. The van der Waals surface area contributed by atoms with Crippen molar-refractivity contribution in [1.82, 2.24) is 0 Å². The molecule has 0 aromatic heterocycles. The first-order valence-corrected chi connectivity index (χ1v) is 8.86. The van der Waals surface area contributed by atoms with Gasteiger partial charge in [0.1, 0.15) is 16.5 Å². The molecule has 0 aliphatic heterocycles. The lowest BCUT2D eigenvalue weighted by molar-refractivity contribution is 0.310. The summed E-state index contributed by atoms with van der Waals surface area (Å²) >= 11 is 1.77. The van der Waals surface area contributed by atoms with E-state index in [1.165, 1.54) is 6.07 Å². The molecule has 0 aliphatic rings. The maximum Gasteiger partial charge on any atom is 0.265 e. The summed E-state index contributed by atoms with van der Waals surface area (Å²) in [5, 5.41) is 0. The molecule has 0 amide bonds. The van der Waals surface area contributed by atoms with Gasteiger partial charge in [0.25, 0.3) is 9.05 Å². The van der Waals surface area contributed by atoms with E-state index in [1.54, 1.807) is 11.8 Å². The van der Waals surface area contributed by atoms with E-state index < -0.39 is 14.9 Å². The highest BCUT2D eigenvalue weighted by Gasteiger charge is 2.17. The molecule has 0 N–H and O–H groups in total. The quantitative estimate of drug-likeness (QED) is 0.572. The molecular weight excluding hydrogens is 299 g/mol. The van der Waals surface area contributed by atoms with E-state index in [0.29, 0.717) is 6.61 Å². The van der Waals surface area contributed by atoms with Crippen LogP contribution in [-0.2, 0) is 9.05 Å². The first-order valence-electron chi connectivity index (χ1n) is 5.40. The molecule has 18 heavy (non-hydrogen) atoms. The topological polar surface area (TPSA) is 43.4 Å². The maximum atomic E-state index is 13.0. The molecule has 0 radical (unpaired) electrons. The first kappa shape index (κ1) is 15.6. The van der Waals surface area contributed by atoms with Gasteiger partial charge in [-0.15, -0.1) is 0 Å². The molecule has 3 nitrogen and oxygen atoms in total. The Morgan fingerprint density at radius 2 is 2.17 bits per heavy atom. The number of benzene rings is 1. The van der Waals surface area contributed by atoms with Gasteiger partial charge in [0.15, 0.2) is 0 Å². The fourth-order valence-electron chi connectivity index (χ4n) is 1.28. The Bertz CT molecular complexity index is 491. The molecule has 0 atom stereocenters. The van der Waals surface area contributed by atoms with E-state index >= 15 is 0 Å². The van der Waals surface area contributed by atoms with Crippen LogP contribution in [0.3, 0.4) is 0 Å². The van der Waals surface area contributed by atoms with E-state index in [4.69, 9.17) is 15.4 Å². The van der Waals surface area contributed by atoms with Crippen molar-refractivity contribution >= 4 is 31.5 Å². The Hall–Kier alpha value is -0.460. The zero-order valence-electron chi connectivity index (χ0n) is 9.86. The number of halogens is 2. The Morgan fingerprint density at radius 3 is 2.78 bits per heavy atom. The number of hydrogen-bond acceptors (Lipinski definition) is 4. The number of rotatable bonds is 7. The molecule has 0 unspecified atom stereocenters. The smallest absolute Gasteiger partial charge is 0.265 e. The summed E-state index contributed by atoms with van der Waals surface area (Å²) in [6.07, 6.45) is 0.789. The van der Waals surface area contributed by atoms with Gasteiger partial charge >= 0.3 is 0 Å². The van der Waals surface area contributed by atoms with Gasteiger partial charge in [-0.3, -0.25) is 0 Å². The summed E-state index contributed by atoms with van der Waals surface area (Å²) in [6, 6.07) is 3.28. The minimum Gasteiger partial charge on any atom is -0.492 e. The van der Waals surface area contributed by atoms with Gasteiger partial charge < -0.3 is 4.74 Å². The minimum absolute atomic E-state index is 0.0906. The molecule has 7 heteroatoms. The molecule has 1 rings (SSSR count). The Labute approximate surface area is 115 Å². The Kier molecular flexibility index (Phi) is 6.25. The summed E-state index contributed by atoms with van der Waals surface area (Å²) in [4.78, 5) is -0.327. The molecule has 0 heterocycles. The summed E-state index contributed by atoms with van der Waals surface area (Å²) in [5.41, 5.74) is 0. The average Bonchev–Trinajstić information content (AvgIpc) is 2.29. The van der Waals surface area contributed by atoms with Crippen molar-refractivity contribution in [2.24, 2.45) is 0 Å². The predicted molar refractivity (Wildman–Crippen MR) is 72.5 cm³/mol. The highest BCUT2D eigenvalue weighted by Crippen LogP contribution is 2.27. The lowest BCUT2D eigenvalue weighted by Crippen LogP contribution is -2.03. The summed E-state index contributed by atoms with van der Waals surface area (Å²) in [6.45, 7) is 2.43. The number of ether oxygens (including phenoxy) is 1. The van der Waals surface area contributed by atoms with Gasteiger partial charge in [-0.25, -0.2) is 12.8 Å². The Balaban J connectivity index is 2.71. The van der Waals surface area contributed by atoms with Crippen LogP contribution in [0.1, 0.15) is 13.3 Å². The standard InChI is InChI=1S/C11H14ClFO3S2/c1-2-17-7-3-6-16-10-5-4-9(13)8-11(10)18(12,14)15/h4-5,8H,2-3,6-7H2,1H3. The molecule has 0 saturated heterocycles. The van der Waals surface area contributed by atoms with E-state index in [-0.39, 0.29) is 10.6 Å². The zero-order valence-corrected chi connectivity index (χ0v) is 12.2. The average molecular weight is 313 g/mol. The van der Waals surface area contributed by atoms with Crippen molar-refractivity contribution in [2.45, 2.75) is 18.2 Å². The van der Waals surface area contributed by atoms with Crippen molar-refractivity contribution < 1.29 is 17.5 Å². The van der Waals surface area contributed by atoms with Gasteiger partial charge in [-0.2, -0.15) is 11.8 Å². The second-order valence-corrected chi connectivity index (χ2v) is 7.36. The zero-order chi connectivity index (χ0) is 13.6. The van der Waals surface area contributed by atoms with Crippen LogP contribution in [0.25, 0.3) is 0 Å². The summed E-state index contributed by atoms with van der Waals surface area (Å²) in [5.74, 6) is 1.38. The van der Waals surface area contributed by atoms with Gasteiger partial charge in [0, 0.05) is 10.7 Å². The molecule has 1 aromatic rings. The molecule has 0 aliphatic carbocycles. The van der Waals surface area contributed by atoms with Crippen LogP contribution in [-0.4, -0.2) is 26.5 Å². The number of thioether (sulfide) groups is 1. The van der Waals surface area contributed by atoms with E-state index in [2.05, 4.69) is 6.92 Å². The summed E-state index contributed by atoms with van der Waals surface area (Å²) < 4.78 is 40.8. The highest BCUT2D eigenvalue weighted by atomic mass is 35.7. The van der Waals surface area contributed by atoms with Gasteiger partial charge in [-0.1, -0.05) is 6.92 Å². The fraction of sp³-hybridized carbons (Fsp3) is 0.455. The van der Waals surface area contributed by atoms with Crippen LogP contribution in [0.4, 0.5) is 4.39 Å². The first-order chi connectivity index (χ1) is 8.45. The van der Waals surface area contributed by atoms with Crippen molar-refractivity contribution in [3.63, 3.8) is 0 Å². The fourth-order valence-corrected chi connectivity index (χ4v) is 2.87. The van der Waals surface area contributed by atoms with Crippen molar-refractivity contribution in [2.75, 3.05) is 18.1 Å². The van der Waals surface area contributed by atoms with Crippen molar-refractivity contribution in [3.05, 3.63) is 24.0 Å². The van der Waals surface area contributed by atoms with Gasteiger partial charge in [0.05, 0.1) is 6.61 Å². The lowest BCUT2D eigenvalue weighted by atomic mass is 10.3. The largest absolute Gasteiger partial charge is 0.492 e. The van der Waals surface area contributed by atoms with Crippen molar-refractivity contribution in [1.29, 1.82) is 0 Å². The third-order valence-electron chi connectivity index (χ3n) is 2.06. The molecule has 0 bridgehead atoms. The summed E-state index contributed by atoms with van der Waals surface area (Å²) in [7, 11) is 1.22. The van der Waals surface area contributed by atoms with Gasteiger partial charge in [0.2, 0.25) is 0 Å². The number of hydrogen-bond donors (Lipinski definition) is 0. The SMILES string of the molecule is CCSCCCOc1ccc(F)cc1S(=O)(=O)Cl. The lowest BCUT2D eigenvalue weighted by Gasteiger charge is -2.09. The molecule has 0 saturated carbocycles. The second kappa shape index (κ2) is 7.21. The third-order valence-corrected chi connectivity index (χ3v) is 4.39. The van der Waals surface area contributed by atoms with E-state index in [9.17, 15) is 12.8 Å². The molecule has 0 spiro atoms. The second-order valence-electron chi connectivity index (χ2n) is 3.43. The molecule has 1 aromatic carbocycles. The minimum atomic E-state index is -4.00. The maximum absolute atomic E-state index is 13.0. The van der Waals surface area contributed by atoms with Crippen LogP contribution in [0.2, 0.25) is 0 Å². The van der Waals surface area contributed by atoms with E-state index in [0.717, 1.165) is 30.1 Å². The van der Waals surface area contributed by atoms with Gasteiger partial charge in [-0.05, 0) is 36.1 Å². The predicted octanol–water partition coefficient (Wildman–Crippen LogP) is 3.28. The third kappa shape index (κ3) is 5.04. The van der Waals surface area contributed by atoms with Crippen LogP contribution in [0, 0.1) is 5.82 Å². The molecule has 102 valence electrons. The van der Waals surface area contributed by atoms with Crippen LogP contribution in [0.15, 0.2) is 23.1 Å². The van der Waals surface area contributed by atoms with Crippen molar-refractivity contribution in [3.8, 4) is 5.75 Å². The van der Waals surface area contributed by atoms with Crippen LogP contribution in [0.5, 0.6) is 5.75 Å².